The number of anilines is 1. The third kappa shape index (κ3) is 4.14. The summed E-state index contributed by atoms with van der Waals surface area (Å²) >= 11 is 0. The van der Waals surface area contributed by atoms with Crippen molar-refractivity contribution in [3.05, 3.63) is 29.3 Å². The number of rotatable bonds is 3. The van der Waals surface area contributed by atoms with Crippen LogP contribution in [0.25, 0.3) is 10.9 Å². The highest BCUT2D eigenvalue weighted by atomic mass is 19.4. The van der Waals surface area contributed by atoms with Gasteiger partial charge in [-0.25, -0.2) is 0 Å². The molecule has 1 saturated carbocycles. The van der Waals surface area contributed by atoms with E-state index in [9.17, 15) is 18.0 Å². The summed E-state index contributed by atoms with van der Waals surface area (Å²) in [6.45, 7) is 6.23. The van der Waals surface area contributed by atoms with Gasteiger partial charge in [0.2, 0.25) is 6.41 Å². The lowest BCUT2D eigenvalue weighted by Crippen LogP contribution is -2.19. The molecule has 1 aliphatic carbocycles. The molecule has 1 fully saturated rings. The van der Waals surface area contributed by atoms with Crippen molar-refractivity contribution in [3.8, 4) is 0 Å². The Kier molecular flexibility index (Phi) is 5.28. The van der Waals surface area contributed by atoms with Gasteiger partial charge in [-0.3, -0.25) is 4.79 Å². The first-order valence-electron chi connectivity index (χ1n) is 9.55. The van der Waals surface area contributed by atoms with E-state index in [4.69, 9.17) is 0 Å². The summed E-state index contributed by atoms with van der Waals surface area (Å²) in [5.41, 5.74) is 0.792. The maximum absolute atomic E-state index is 13.6. The van der Waals surface area contributed by atoms with Crippen molar-refractivity contribution in [2.24, 2.45) is 5.41 Å². The van der Waals surface area contributed by atoms with Crippen molar-refractivity contribution in [1.29, 1.82) is 0 Å². The first-order valence-corrected chi connectivity index (χ1v) is 9.55. The molecule has 1 aliphatic rings. The van der Waals surface area contributed by atoms with E-state index in [-0.39, 0.29) is 11.4 Å². The number of benzene rings is 1. The van der Waals surface area contributed by atoms with Gasteiger partial charge in [-0.15, -0.1) is 0 Å². The number of nitrogens with zero attached hydrogens (tertiary/aromatic N) is 1. The van der Waals surface area contributed by atoms with E-state index in [2.05, 4.69) is 19.2 Å². The van der Waals surface area contributed by atoms with Crippen LogP contribution in [-0.4, -0.2) is 11.0 Å². The fourth-order valence-corrected chi connectivity index (χ4v) is 4.43. The third-order valence-corrected chi connectivity index (χ3v) is 5.76. The lowest BCUT2D eigenvalue weighted by atomic mass is 9.79. The quantitative estimate of drug-likeness (QED) is 0.609. The van der Waals surface area contributed by atoms with Crippen LogP contribution in [-0.2, 0) is 11.0 Å². The molecule has 0 bridgehead atoms. The zero-order valence-electron chi connectivity index (χ0n) is 16.1. The summed E-state index contributed by atoms with van der Waals surface area (Å²) in [5, 5.41) is 2.78. The topological polar surface area (TPSA) is 34.0 Å². The molecular weight excluding hydrogens is 353 g/mol. The van der Waals surface area contributed by atoms with Crippen LogP contribution in [0.5, 0.6) is 0 Å². The largest absolute Gasteiger partial charge is 0.417 e. The molecule has 3 nitrogen and oxygen atoms in total. The van der Waals surface area contributed by atoms with Crippen LogP contribution in [0, 0.1) is 12.3 Å². The van der Waals surface area contributed by atoms with Crippen LogP contribution in [0.2, 0.25) is 0 Å². The van der Waals surface area contributed by atoms with Gasteiger partial charge in [0.1, 0.15) is 5.82 Å². The molecule has 1 aromatic carbocycles. The van der Waals surface area contributed by atoms with Gasteiger partial charge < -0.3 is 9.88 Å². The van der Waals surface area contributed by atoms with E-state index < -0.39 is 11.7 Å². The smallest absolute Gasteiger partial charge is 0.324 e. The van der Waals surface area contributed by atoms with Gasteiger partial charge in [-0.1, -0.05) is 26.7 Å². The SMILES string of the molecule is Cc1cc(C(F)(F)F)c2cc(NC=O)n(C3CCCC(C)(C)CCC3)c2c1. The van der Waals surface area contributed by atoms with Gasteiger partial charge in [0.15, 0.2) is 0 Å². The molecule has 0 spiro atoms. The van der Waals surface area contributed by atoms with E-state index in [1.807, 2.05) is 4.57 Å². The van der Waals surface area contributed by atoms with Gasteiger partial charge in [0.25, 0.3) is 0 Å². The summed E-state index contributed by atoms with van der Waals surface area (Å²) in [5.74, 6) is 0.445. The Morgan fingerprint density at radius 1 is 1.15 bits per heavy atom. The van der Waals surface area contributed by atoms with Gasteiger partial charge in [-0.2, -0.15) is 13.2 Å². The Labute approximate surface area is 157 Å². The normalized spacial score (nSPS) is 18.9. The minimum Gasteiger partial charge on any atom is -0.324 e. The number of nitrogens with one attached hydrogen (secondary N) is 1. The Hall–Kier alpha value is -1.98. The molecular formula is C21H27F3N2O. The molecule has 1 amide bonds. The summed E-state index contributed by atoms with van der Waals surface area (Å²) in [7, 11) is 0. The fourth-order valence-electron chi connectivity index (χ4n) is 4.43. The highest BCUT2D eigenvalue weighted by Crippen LogP contribution is 2.42. The molecule has 27 heavy (non-hydrogen) atoms. The van der Waals surface area contributed by atoms with Crippen molar-refractivity contribution in [3.63, 3.8) is 0 Å². The van der Waals surface area contributed by atoms with E-state index in [1.165, 1.54) is 12.1 Å². The van der Waals surface area contributed by atoms with Crippen LogP contribution < -0.4 is 5.32 Å². The van der Waals surface area contributed by atoms with Crippen molar-refractivity contribution < 1.29 is 18.0 Å². The number of hydrogen-bond acceptors (Lipinski definition) is 1. The number of halogens is 3. The predicted octanol–water partition coefficient (Wildman–Crippen LogP) is 6.46. The average molecular weight is 380 g/mol. The molecule has 1 N–H and O–H groups in total. The molecule has 0 radical (unpaired) electrons. The Morgan fingerprint density at radius 3 is 2.33 bits per heavy atom. The Morgan fingerprint density at radius 2 is 1.78 bits per heavy atom. The molecule has 1 heterocycles. The monoisotopic (exact) mass is 380 g/mol. The van der Waals surface area contributed by atoms with Crippen LogP contribution in [0.15, 0.2) is 18.2 Å². The van der Waals surface area contributed by atoms with Crippen LogP contribution in [0.1, 0.15) is 69.5 Å². The highest BCUT2D eigenvalue weighted by Gasteiger charge is 2.34. The number of amides is 1. The minimum absolute atomic E-state index is 0.0870. The highest BCUT2D eigenvalue weighted by molar-refractivity contribution is 5.91. The van der Waals surface area contributed by atoms with Gasteiger partial charge >= 0.3 is 6.18 Å². The number of aryl methyl sites for hydroxylation is 1. The molecule has 3 rings (SSSR count). The fraction of sp³-hybridized carbons (Fsp3) is 0.571. The minimum atomic E-state index is -4.43. The zero-order valence-corrected chi connectivity index (χ0v) is 16.1. The first kappa shape index (κ1) is 19.8. The van der Waals surface area contributed by atoms with E-state index in [0.29, 0.717) is 28.7 Å². The third-order valence-electron chi connectivity index (χ3n) is 5.76. The Balaban J connectivity index is 2.12. The summed E-state index contributed by atoms with van der Waals surface area (Å²) < 4.78 is 42.6. The number of aromatic nitrogens is 1. The van der Waals surface area contributed by atoms with Crippen molar-refractivity contribution in [1.82, 2.24) is 4.57 Å². The van der Waals surface area contributed by atoms with Gasteiger partial charge in [-0.05, 0) is 61.8 Å². The lowest BCUT2D eigenvalue weighted by Gasteiger charge is -2.31. The number of alkyl halides is 3. The average Bonchev–Trinajstić information content (AvgIpc) is 2.87. The van der Waals surface area contributed by atoms with Crippen molar-refractivity contribution in [2.45, 2.75) is 71.5 Å². The van der Waals surface area contributed by atoms with E-state index in [1.54, 1.807) is 13.0 Å². The van der Waals surface area contributed by atoms with Gasteiger partial charge in [0, 0.05) is 11.4 Å². The van der Waals surface area contributed by atoms with E-state index >= 15 is 0 Å². The molecule has 2 aromatic rings. The molecule has 6 heteroatoms. The Bertz CT molecular complexity index is 824. The molecule has 0 atom stereocenters. The van der Waals surface area contributed by atoms with Crippen LogP contribution in [0.4, 0.5) is 19.0 Å². The lowest BCUT2D eigenvalue weighted by molar-refractivity contribution is -0.136. The number of fused-ring (bicyclic) bond motifs is 1. The maximum Gasteiger partial charge on any atom is 0.417 e. The van der Waals surface area contributed by atoms with Crippen molar-refractivity contribution in [2.75, 3.05) is 5.32 Å². The first-order chi connectivity index (χ1) is 12.6. The molecule has 1 aromatic heterocycles. The van der Waals surface area contributed by atoms with Gasteiger partial charge in [0.05, 0.1) is 11.1 Å². The predicted molar refractivity (Wildman–Crippen MR) is 102 cm³/mol. The summed E-state index contributed by atoms with van der Waals surface area (Å²) in [4.78, 5) is 11.1. The standard InChI is InChI=1S/C21H27F3N2O/c1-14-10-17(21(22,23)24)16-12-19(25-13-27)26(18(16)11-14)15-6-4-8-20(2,3)9-5-7-15/h10-13,15H,4-9H2,1-3H3,(H,25,27). The number of carbonyl (C=O) groups excluding carboxylic acids is 1. The molecule has 0 unspecified atom stereocenters. The zero-order chi connectivity index (χ0) is 19.8. The summed E-state index contributed by atoms with van der Waals surface area (Å²) in [6.07, 6.45) is 2.16. The summed E-state index contributed by atoms with van der Waals surface area (Å²) in [6, 6.07) is 4.53. The molecule has 148 valence electrons. The van der Waals surface area contributed by atoms with Crippen LogP contribution in [0.3, 0.4) is 0 Å². The molecule has 0 aliphatic heterocycles. The number of carbonyl (C=O) groups is 1. The second-order valence-electron chi connectivity index (χ2n) is 8.51. The molecule has 0 saturated heterocycles. The van der Waals surface area contributed by atoms with Crippen molar-refractivity contribution >= 4 is 23.1 Å². The second kappa shape index (κ2) is 7.21. The van der Waals surface area contributed by atoms with Crippen LogP contribution >= 0.6 is 0 Å². The van der Waals surface area contributed by atoms with E-state index in [0.717, 1.165) is 38.5 Å². The number of hydrogen-bond donors (Lipinski definition) is 1. The maximum atomic E-state index is 13.6. The second-order valence-corrected chi connectivity index (χ2v) is 8.51.